The summed E-state index contributed by atoms with van der Waals surface area (Å²) >= 11 is 0. The number of aromatic nitrogens is 3. The van der Waals surface area contributed by atoms with E-state index in [1.54, 1.807) is 19.2 Å². The molecule has 3 aromatic rings. The fourth-order valence-electron chi connectivity index (χ4n) is 3.70. The smallest absolute Gasteiger partial charge is 0.251 e. The van der Waals surface area contributed by atoms with Crippen molar-refractivity contribution in [2.75, 3.05) is 24.5 Å². The fourth-order valence-corrected chi connectivity index (χ4v) is 3.70. The third-order valence-corrected chi connectivity index (χ3v) is 5.37. The molecule has 1 aliphatic heterocycles. The number of nitrogens with two attached hydrogens (primary N) is 1. The number of nitrogens with zero attached hydrogens (tertiary/aromatic N) is 4. The van der Waals surface area contributed by atoms with Crippen molar-refractivity contribution in [3.63, 3.8) is 0 Å². The molecule has 0 spiro atoms. The minimum absolute atomic E-state index is 0.241. The Bertz CT molecular complexity index is 1140. The van der Waals surface area contributed by atoms with Crippen LogP contribution in [0.15, 0.2) is 30.7 Å². The lowest BCUT2D eigenvalue weighted by atomic mass is 9.99. The molecular formula is C20H20FN7O. The van der Waals surface area contributed by atoms with Gasteiger partial charge >= 0.3 is 0 Å². The Balaban J connectivity index is 1.49. The summed E-state index contributed by atoms with van der Waals surface area (Å²) in [5, 5.41) is 12.8. The Labute approximate surface area is 166 Å². The van der Waals surface area contributed by atoms with Gasteiger partial charge in [-0.15, -0.1) is 0 Å². The third-order valence-electron chi connectivity index (χ3n) is 5.37. The number of carbonyl (C=O) groups excluding carboxylic acids is 1. The summed E-state index contributed by atoms with van der Waals surface area (Å²) in [5.74, 6) is -0.126. The monoisotopic (exact) mass is 393 g/mol. The first-order valence-corrected chi connectivity index (χ1v) is 9.21. The van der Waals surface area contributed by atoms with Crippen LogP contribution in [0.5, 0.6) is 0 Å². The summed E-state index contributed by atoms with van der Waals surface area (Å²) in [6, 6.07) is 6.57. The van der Waals surface area contributed by atoms with Crippen LogP contribution in [-0.4, -0.2) is 46.0 Å². The Morgan fingerprint density at radius 1 is 1.48 bits per heavy atom. The Hall–Kier alpha value is -3.51. The van der Waals surface area contributed by atoms with Gasteiger partial charge in [-0.3, -0.25) is 4.79 Å². The highest BCUT2D eigenvalue weighted by Gasteiger charge is 2.36. The molecule has 1 atom stereocenters. The van der Waals surface area contributed by atoms with Gasteiger partial charge in [-0.2, -0.15) is 5.26 Å². The molecular weight excluding hydrogens is 373 g/mol. The molecule has 148 valence electrons. The number of hydrogen-bond acceptors (Lipinski definition) is 6. The van der Waals surface area contributed by atoms with E-state index in [2.05, 4.69) is 26.3 Å². The van der Waals surface area contributed by atoms with Crippen LogP contribution in [0, 0.1) is 24.1 Å². The number of hydrogen-bond donors (Lipinski definition) is 3. The average molecular weight is 393 g/mol. The van der Waals surface area contributed by atoms with Crippen molar-refractivity contribution in [2.24, 2.45) is 5.73 Å². The van der Waals surface area contributed by atoms with E-state index in [0.29, 0.717) is 53.1 Å². The molecule has 1 saturated heterocycles. The summed E-state index contributed by atoms with van der Waals surface area (Å²) in [7, 11) is 0. The summed E-state index contributed by atoms with van der Waals surface area (Å²) in [5.41, 5.74) is 7.53. The van der Waals surface area contributed by atoms with Crippen molar-refractivity contribution in [2.45, 2.75) is 18.9 Å². The third kappa shape index (κ3) is 3.39. The highest BCUT2D eigenvalue weighted by atomic mass is 19.1. The van der Waals surface area contributed by atoms with Gasteiger partial charge in [0.2, 0.25) is 0 Å². The van der Waals surface area contributed by atoms with Gasteiger partial charge in [-0.25, -0.2) is 14.4 Å². The van der Waals surface area contributed by atoms with Crippen LogP contribution in [0.4, 0.5) is 10.2 Å². The Kier molecular flexibility index (Phi) is 4.64. The Morgan fingerprint density at radius 3 is 3.10 bits per heavy atom. The van der Waals surface area contributed by atoms with Crippen molar-refractivity contribution in [1.29, 1.82) is 5.26 Å². The van der Waals surface area contributed by atoms with Gasteiger partial charge in [0.1, 0.15) is 29.7 Å². The maximum atomic E-state index is 13.7. The summed E-state index contributed by atoms with van der Waals surface area (Å²) < 4.78 is 13.7. The normalized spacial score (nSPS) is 18.8. The Morgan fingerprint density at radius 2 is 2.31 bits per heavy atom. The van der Waals surface area contributed by atoms with E-state index < -0.39 is 11.4 Å². The maximum Gasteiger partial charge on any atom is 0.251 e. The van der Waals surface area contributed by atoms with Crippen molar-refractivity contribution in [3.8, 4) is 6.07 Å². The lowest BCUT2D eigenvalue weighted by Gasteiger charge is -2.25. The molecule has 2 aromatic heterocycles. The molecule has 29 heavy (non-hydrogen) atoms. The minimum Gasteiger partial charge on any atom is -0.354 e. The first kappa shape index (κ1) is 18.8. The van der Waals surface area contributed by atoms with Crippen LogP contribution in [0.3, 0.4) is 0 Å². The van der Waals surface area contributed by atoms with Crippen molar-refractivity contribution >= 4 is 22.8 Å². The summed E-state index contributed by atoms with van der Waals surface area (Å²) in [6.07, 6.45) is 3.68. The second-order valence-electron chi connectivity index (χ2n) is 7.36. The molecule has 1 aromatic carbocycles. The van der Waals surface area contributed by atoms with Crippen LogP contribution >= 0.6 is 0 Å². The molecule has 8 nitrogen and oxygen atoms in total. The van der Waals surface area contributed by atoms with Gasteiger partial charge < -0.3 is 20.9 Å². The van der Waals surface area contributed by atoms with E-state index in [1.807, 2.05) is 4.90 Å². The first-order chi connectivity index (χ1) is 13.9. The number of benzene rings is 1. The number of anilines is 1. The fraction of sp³-hybridized carbons (Fsp3) is 0.300. The van der Waals surface area contributed by atoms with Crippen LogP contribution in [0.25, 0.3) is 11.0 Å². The number of nitrogens with one attached hydrogen (secondary N) is 2. The number of nitriles is 1. The molecule has 0 radical (unpaired) electrons. The number of H-pyrrole nitrogens is 1. The molecule has 0 saturated carbocycles. The predicted octanol–water partition coefficient (Wildman–Crippen LogP) is 1.61. The van der Waals surface area contributed by atoms with E-state index in [-0.39, 0.29) is 12.5 Å². The van der Waals surface area contributed by atoms with Gasteiger partial charge in [0.15, 0.2) is 0 Å². The van der Waals surface area contributed by atoms with E-state index in [1.165, 1.54) is 18.5 Å². The molecule has 3 heterocycles. The molecule has 0 bridgehead atoms. The number of aromatic amines is 1. The number of amides is 1. The van der Waals surface area contributed by atoms with Gasteiger partial charge in [0.05, 0.1) is 16.5 Å². The maximum absolute atomic E-state index is 13.7. The number of fused-ring (bicyclic) bond motifs is 1. The predicted molar refractivity (Wildman–Crippen MR) is 106 cm³/mol. The number of halogens is 1. The molecule has 1 aliphatic rings. The van der Waals surface area contributed by atoms with E-state index in [0.717, 1.165) is 0 Å². The molecule has 1 amide bonds. The molecule has 9 heteroatoms. The minimum atomic E-state index is -0.669. The second kappa shape index (κ2) is 7.14. The van der Waals surface area contributed by atoms with Gasteiger partial charge in [0, 0.05) is 31.4 Å². The second-order valence-corrected chi connectivity index (χ2v) is 7.36. The lowest BCUT2D eigenvalue weighted by molar-refractivity contribution is 0.0944. The molecule has 0 unspecified atom stereocenters. The largest absolute Gasteiger partial charge is 0.354 e. The van der Waals surface area contributed by atoms with Crippen LogP contribution < -0.4 is 16.0 Å². The van der Waals surface area contributed by atoms with E-state index >= 15 is 0 Å². The number of rotatable bonds is 4. The van der Waals surface area contributed by atoms with E-state index in [4.69, 9.17) is 5.73 Å². The molecule has 4 N–H and O–H groups in total. The van der Waals surface area contributed by atoms with Gasteiger partial charge in [-0.1, -0.05) is 6.07 Å². The SMILES string of the molecule is Cc1c(F)cccc1C(=O)NC[C@@]1(N)CCN(c2ncnc3[nH]cc(C#N)c23)C1. The zero-order valence-corrected chi connectivity index (χ0v) is 15.9. The van der Waals surface area contributed by atoms with Crippen molar-refractivity contribution in [1.82, 2.24) is 20.3 Å². The average Bonchev–Trinajstić information content (AvgIpc) is 3.32. The van der Waals surface area contributed by atoms with Gasteiger partial charge in [-0.05, 0) is 31.0 Å². The quantitative estimate of drug-likeness (QED) is 0.619. The lowest BCUT2D eigenvalue weighted by Crippen LogP contribution is -2.52. The molecule has 4 rings (SSSR count). The summed E-state index contributed by atoms with van der Waals surface area (Å²) in [4.78, 5) is 26.0. The highest BCUT2D eigenvalue weighted by Crippen LogP contribution is 2.30. The van der Waals surface area contributed by atoms with Crippen molar-refractivity contribution < 1.29 is 9.18 Å². The summed E-state index contributed by atoms with van der Waals surface area (Å²) in [6.45, 7) is 2.90. The van der Waals surface area contributed by atoms with Crippen LogP contribution in [0.2, 0.25) is 0 Å². The highest BCUT2D eigenvalue weighted by molar-refractivity contribution is 5.96. The molecule has 0 aliphatic carbocycles. The first-order valence-electron chi connectivity index (χ1n) is 9.21. The topological polar surface area (TPSA) is 124 Å². The zero-order chi connectivity index (χ0) is 20.6. The number of carbonyl (C=O) groups is 1. The van der Waals surface area contributed by atoms with Crippen LogP contribution in [0.1, 0.15) is 27.9 Å². The van der Waals surface area contributed by atoms with Gasteiger partial charge in [0.25, 0.3) is 5.91 Å². The van der Waals surface area contributed by atoms with Crippen LogP contribution in [-0.2, 0) is 0 Å². The van der Waals surface area contributed by atoms with Crippen molar-refractivity contribution in [3.05, 3.63) is 53.2 Å². The zero-order valence-electron chi connectivity index (χ0n) is 15.9. The standard InChI is InChI=1S/C20H20FN7O/c1-12-14(3-2-4-15(12)21)19(29)25-9-20(23)5-6-28(10-20)18-16-13(7-22)8-24-17(16)26-11-27-18/h2-4,8,11H,5-6,9-10,23H2,1H3,(H,25,29)(H,24,26,27)/t20-/m0/s1. The van der Waals surface area contributed by atoms with E-state index in [9.17, 15) is 14.4 Å². The molecule has 1 fully saturated rings.